The normalized spacial score (nSPS) is 21.8. The molecule has 0 atom stereocenters. The Morgan fingerprint density at radius 2 is 2.00 bits per heavy atom. The molecular formula is C16H20FN3. The highest BCUT2D eigenvalue weighted by atomic mass is 19.1. The van der Waals surface area contributed by atoms with Gasteiger partial charge in [0.2, 0.25) is 0 Å². The fraction of sp³-hybridized carbons (Fsp3) is 0.438. The van der Waals surface area contributed by atoms with Gasteiger partial charge in [-0.25, -0.2) is 9.37 Å². The number of hydrogen-bond acceptors (Lipinski definition) is 2. The molecule has 0 saturated heterocycles. The van der Waals surface area contributed by atoms with Crippen molar-refractivity contribution in [3.8, 4) is 0 Å². The van der Waals surface area contributed by atoms with Gasteiger partial charge in [0, 0.05) is 25.8 Å². The summed E-state index contributed by atoms with van der Waals surface area (Å²) >= 11 is 0. The largest absolute Gasteiger partial charge is 0.334 e. The molecule has 1 fully saturated rings. The standard InChI is InChI=1S/C16H20FN3/c1-11-18-9-16(20(11)2)10-19-15-7-13(8-15)12-3-5-14(17)6-4-12/h3-6,9,13,15,19H,7-8,10H2,1-2H3. The summed E-state index contributed by atoms with van der Waals surface area (Å²) in [7, 11) is 2.04. The first-order valence-corrected chi connectivity index (χ1v) is 7.09. The van der Waals surface area contributed by atoms with E-state index >= 15 is 0 Å². The Labute approximate surface area is 118 Å². The zero-order valence-electron chi connectivity index (χ0n) is 11.9. The number of halogens is 1. The molecule has 1 aromatic carbocycles. The summed E-state index contributed by atoms with van der Waals surface area (Å²) in [5.41, 5.74) is 2.47. The Kier molecular flexibility index (Phi) is 3.57. The number of aromatic nitrogens is 2. The van der Waals surface area contributed by atoms with Crippen molar-refractivity contribution in [1.29, 1.82) is 0 Å². The van der Waals surface area contributed by atoms with E-state index in [0.717, 1.165) is 25.2 Å². The van der Waals surface area contributed by atoms with E-state index in [4.69, 9.17) is 0 Å². The van der Waals surface area contributed by atoms with Gasteiger partial charge in [0.15, 0.2) is 0 Å². The Balaban J connectivity index is 1.49. The number of rotatable bonds is 4. The fourth-order valence-corrected chi connectivity index (χ4v) is 2.75. The molecule has 0 bridgehead atoms. The molecule has 3 rings (SSSR count). The van der Waals surface area contributed by atoms with Crippen LogP contribution in [0.15, 0.2) is 30.5 Å². The monoisotopic (exact) mass is 273 g/mol. The zero-order valence-corrected chi connectivity index (χ0v) is 11.9. The van der Waals surface area contributed by atoms with Gasteiger partial charge in [0.1, 0.15) is 11.6 Å². The van der Waals surface area contributed by atoms with Crippen molar-refractivity contribution >= 4 is 0 Å². The average Bonchev–Trinajstić information content (AvgIpc) is 2.71. The van der Waals surface area contributed by atoms with E-state index in [1.807, 2.05) is 32.3 Å². The first-order chi connectivity index (χ1) is 9.63. The predicted molar refractivity (Wildman–Crippen MR) is 76.9 cm³/mol. The first-order valence-electron chi connectivity index (χ1n) is 7.09. The van der Waals surface area contributed by atoms with Gasteiger partial charge in [-0.15, -0.1) is 0 Å². The van der Waals surface area contributed by atoms with Gasteiger partial charge < -0.3 is 9.88 Å². The Hall–Kier alpha value is -1.68. The molecule has 3 nitrogen and oxygen atoms in total. The van der Waals surface area contributed by atoms with E-state index in [0.29, 0.717) is 12.0 Å². The molecule has 2 aromatic rings. The highest BCUT2D eigenvalue weighted by molar-refractivity contribution is 5.23. The summed E-state index contributed by atoms with van der Waals surface area (Å²) < 4.78 is 15.0. The van der Waals surface area contributed by atoms with Crippen molar-refractivity contribution in [2.75, 3.05) is 0 Å². The molecule has 0 amide bonds. The second-order valence-corrected chi connectivity index (χ2v) is 5.65. The van der Waals surface area contributed by atoms with Crippen LogP contribution in [0.5, 0.6) is 0 Å². The topological polar surface area (TPSA) is 29.9 Å². The van der Waals surface area contributed by atoms with E-state index in [2.05, 4.69) is 14.9 Å². The molecule has 106 valence electrons. The van der Waals surface area contributed by atoms with Crippen molar-refractivity contribution in [2.45, 2.75) is 38.3 Å². The van der Waals surface area contributed by atoms with Crippen molar-refractivity contribution in [3.05, 3.63) is 53.4 Å². The van der Waals surface area contributed by atoms with Crippen molar-refractivity contribution in [1.82, 2.24) is 14.9 Å². The Morgan fingerprint density at radius 1 is 1.30 bits per heavy atom. The van der Waals surface area contributed by atoms with Crippen LogP contribution < -0.4 is 5.32 Å². The van der Waals surface area contributed by atoms with E-state index < -0.39 is 0 Å². The van der Waals surface area contributed by atoms with Gasteiger partial charge in [-0.3, -0.25) is 0 Å². The maximum atomic E-state index is 12.9. The zero-order chi connectivity index (χ0) is 14.1. The van der Waals surface area contributed by atoms with Crippen LogP contribution in [0.25, 0.3) is 0 Å². The third kappa shape index (κ3) is 2.61. The number of nitrogens with zero attached hydrogens (tertiary/aromatic N) is 2. The summed E-state index contributed by atoms with van der Waals surface area (Å²) in [6.45, 7) is 2.87. The van der Waals surface area contributed by atoms with Crippen molar-refractivity contribution in [3.63, 3.8) is 0 Å². The van der Waals surface area contributed by atoms with Gasteiger partial charge in [0.25, 0.3) is 0 Å². The molecular weight excluding hydrogens is 253 g/mol. The third-order valence-corrected chi connectivity index (χ3v) is 4.37. The predicted octanol–water partition coefficient (Wildman–Crippen LogP) is 2.90. The molecule has 20 heavy (non-hydrogen) atoms. The molecule has 4 heteroatoms. The first kappa shape index (κ1) is 13.3. The van der Waals surface area contributed by atoms with Gasteiger partial charge in [-0.1, -0.05) is 12.1 Å². The van der Waals surface area contributed by atoms with Crippen molar-refractivity contribution < 1.29 is 4.39 Å². The van der Waals surface area contributed by atoms with Gasteiger partial charge in [-0.05, 0) is 43.4 Å². The molecule has 1 heterocycles. The minimum atomic E-state index is -0.158. The average molecular weight is 273 g/mol. The second kappa shape index (κ2) is 5.37. The Bertz CT molecular complexity index is 582. The van der Waals surface area contributed by atoms with Crippen LogP contribution in [-0.2, 0) is 13.6 Å². The molecule has 1 saturated carbocycles. The lowest BCUT2D eigenvalue weighted by Crippen LogP contribution is -2.39. The van der Waals surface area contributed by atoms with Crippen LogP contribution in [0.2, 0.25) is 0 Å². The maximum absolute atomic E-state index is 12.9. The van der Waals surface area contributed by atoms with Gasteiger partial charge in [0.05, 0.1) is 5.69 Å². The lowest BCUT2D eigenvalue weighted by atomic mass is 9.76. The summed E-state index contributed by atoms with van der Waals surface area (Å²) in [5.74, 6) is 1.45. The fourth-order valence-electron chi connectivity index (χ4n) is 2.75. The summed E-state index contributed by atoms with van der Waals surface area (Å²) in [4.78, 5) is 4.30. The highest BCUT2D eigenvalue weighted by Gasteiger charge is 2.29. The lowest BCUT2D eigenvalue weighted by Gasteiger charge is -2.36. The van der Waals surface area contributed by atoms with Crippen LogP contribution in [0.1, 0.15) is 35.8 Å². The SMILES string of the molecule is Cc1ncc(CNC2CC(c3ccc(F)cc3)C2)n1C. The molecule has 1 N–H and O–H groups in total. The molecule has 0 unspecified atom stereocenters. The smallest absolute Gasteiger partial charge is 0.123 e. The van der Waals surface area contributed by atoms with Gasteiger partial charge >= 0.3 is 0 Å². The highest BCUT2D eigenvalue weighted by Crippen LogP contribution is 2.36. The quantitative estimate of drug-likeness (QED) is 0.928. The minimum absolute atomic E-state index is 0.158. The number of hydrogen-bond donors (Lipinski definition) is 1. The van der Waals surface area contributed by atoms with Crippen LogP contribution >= 0.6 is 0 Å². The van der Waals surface area contributed by atoms with E-state index in [1.165, 1.54) is 11.3 Å². The van der Waals surface area contributed by atoms with E-state index in [-0.39, 0.29) is 5.82 Å². The third-order valence-electron chi connectivity index (χ3n) is 4.37. The second-order valence-electron chi connectivity index (χ2n) is 5.65. The van der Waals surface area contributed by atoms with Crippen LogP contribution in [0.3, 0.4) is 0 Å². The van der Waals surface area contributed by atoms with Crippen molar-refractivity contribution in [2.24, 2.45) is 7.05 Å². The number of benzene rings is 1. The Morgan fingerprint density at radius 3 is 2.60 bits per heavy atom. The van der Waals surface area contributed by atoms with Crippen LogP contribution in [-0.4, -0.2) is 15.6 Å². The summed E-state index contributed by atoms with van der Waals surface area (Å²) in [6.07, 6.45) is 4.18. The van der Waals surface area contributed by atoms with Crippen LogP contribution in [0, 0.1) is 12.7 Å². The number of aryl methyl sites for hydroxylation is 1. The lowest BCUT2D eigenvalue weighted by molar-refractivity contribution is 0.287. The molecule has 0 aliphatic heterocycles. The van der Waals surface area contributed by atoms with E-state index in [1.54, 1.807) is 12.1 Å². The number of imidazole rings is 1. The molecule has 0 radical (unpaired) electrons. The molecule has 0 spiro atoms. The summed E-state index contributed by atoms with van der Waals surface area (Å²) in [5, 5.41) is 3.57. The maximum Gasteiger partial charge on any atom is 0.123 e. The number of nitrogens with one attached hydrogen (secondary N) is 1. The van der Waals surface area contributed by atoms with E-state index in [9.17, 15) is 4.39 Å². The van der Waals surface area contributed by atoms with Gasteiger partial charge in [-0.2, -0.15) is 0 Å². The molecule has 1 aromatic heterocycles. The molecule has 1 aliphatic carbocycles. The molecule has 1 aliphatic rings. The minimum Gasteiger partial charge on any atom is -0.334 e. The van der Waals surface area contributed by atoms with Crippen LogP contribution in [0.4, 0.5) is 4.39 Å². The summed E-state index contributed by atoms with van der Waals surface area (Å²) in [6, 6.07) is 7.46.